The van der Waals surface area contributed by atoms with Gasteiger partial charge in [0.2, 0.25) is 11.8 Å². The number of anilines is 1. The first-order chi connectivity index (χ1) is 12.0. The molecule has 2 amide bonds. The number of hydrogen-bond donors (Lipinski definition) is 0. The van der Waals surface area contributed by atoms with Crippen LogP contribution in [0.15, 0.2) is 30.3 Å². The number of amides is 2. The summed E-state index contributed by atoms with van der Waals surface area (Å²) in [6, 6.07) is 9.42. The highest BCUT2D eigenvalue weighted by Crippen LogP contribution is 2.39. The highest BCUT2D eigenvalue weighted by molar-refractivity contribution is 6.30. The minimum atomic E-state index is -0.153. The zero-order valence-corrected chi connectivity index (χ0v) is 14.9. The molecule has 1 aromatic heterocycles. The fourth-order valence-electron chi connectivity index (χ4n) is 3.96. The van der Waals surface area contributed by atoms with Crippen molar-refractivity contribution in [2.75, 3.05) is 4.90 Å². The summed E-state index contributed by atoms with van der Waals surface area (Å²) in [5.41, 5.74) is 1.93. The summed E-state index contributed by atoms with van der Waals surface area (Å²) in [4.78, 5) is 26.7. The van der Waals surface area contributed by atoms with Crippen LogP contribution in [0.5, 0.6) is 0 Å². The molecule has 2 fully saturated rings. The van der Waals surface area contributed by atoms with E-state index < -0.39 is 0 Å². The van der Waals surface area contributed by atoms with Gasteiger partial charge in [-0.1, -0.05) is 36.6 Å². The van der Waals surface area contributed by atoms with Crippen LogP contribution in [0, 0.1) is 18.8 Å². The molecule has 1 saturated heterocycles. The highest BCUT2D eigenvalue weighted by atomic mass is 35.5. The van der Waals surface area contributed by atoms with Gasteiger partial charge in [0.05, 0.1) is 18.4 Å². The Morgan fingerprint density at radius 2 is 1.80 bits per heavy atom. The predicted octanol–water partition coefficient (Wildman–Crippen LogP) is 3.57. The average molecular weight is 358 g/mol. The summed E-state index contributed by atoms with van der Waals surface area (Å²) in [5, 5.41) is 5.21. The van der Waals surface area contributed by atoms with Gasteiger partial charge in [-0.2, -0.15) is 5.10 Å². The van der Waals surface area contributed by atoms with E-state index in [2.05, 4.69) is 5.10 Å². The van der Waals surface area contributed by atoms with Crippen molar-refractivity contribution in [3.63, 3.8) is 0 Å². The van der Waals surface area contributed by atoms with Crippen LogP contribution in [0.3, 0.4) is 0 Å². The second-order valence-corrected chi connectivity index (χ2v) is 7.38. The molecular formula is C19H20ClN3O2. The van der Waals surface area contributed by atoms with E-state index in [9.17, 15) is 9.59 Å². The summed E-state index contributed by atoms with van der Waals surface area (Å²) in [5.74, 6) is -0.0209. The Kier molecular flexibility index (Phi) is 4.12. The number of benzene rings is 1. The van der Waals surface area contributed by atoms with Crippen molar-refractivity contribution >= 4 is 29.2 Å². The molecule has 2 heterocycles. The maximum absolute atomic E-state index is 12.7. The van der Waals surface area contributed by atoms with Gasteiger partial charge in [0.1, 0.15) is 0 Å². The molecule has 25 heavy (non-hydrogen) atoms. The Morgan fingerprint density at radius 3 is 2.44 bits per heavy atom. The molecule has 1 saturated carbocycles. The van der Waals surface area contributed by atoms with Crippen molar-refractivity contribution in [3.05, 3.63) is 46.6 Å². The molecule has 2 aliphatic rings. The van der Waals surface area contributed by atoms with Gasteiger partial charge < -0.3 is 0 Å². The molecule has 2 atom stereocenters. The lowest BCUT2D eigenvalue weighted by Gasteiger charge is -2.19. The minimum absolute atomic E-state index is 0.0814. The second kappa shape index (κ2) is 6.30. The van der Waals surface area contributed by atoms with Crippen molar-refractivity contribution in [3.8, 4) is 0 Å². The van der Waals surface area contributed by atoms with Crippen LogP contribution in [0.1, 0.15) is 36.9 Å². The fraction of sp³-hybridized carbons (Fsp3) is 0.421. The Hall–Kier alpha value is -2.14. The smallest absolute Gasteiger partial charge is 0.238 e. The lowest BCUT2D eigenvalue weighted by Crippen LogP contribution is -2.31. The zero-order chi connectivity index (χ0) is 17.6. The van der Waals surface area contributed by atoms with Crippen molar-refractivity contribution in [2.45, 2.75) is 39.2 Å². The van der Waals surface area contributed by atoms with Crippen molar-refractivity contribution in [1.29, 1.82) is 0 Å². The lowest BCUT2D eigenvalue weighted by molar-refractivity contribution is -0.122. The summed E-state index contributed by atoms with van der Waals surface area (Å²) in [6.45, 7) is 2.48. The van der Waals surface area contributed by atoms with Crippen LogP contribution in [0.25, 0.3) is 0 Å². The monoisotopic (exact) mass is 357 g/mol. The SMILES string of the molecule is Cc1cc(N2C(=O)C3CCCCC3C2=O)nn1Cc1cccc(Cl)c1. The topological polar surface area (TPSA) is 55.2 Å². The summed E-state index contributed by atoms with van der Waals surface area (Å²) < 4.78 is 1.81. The zero-order valence-electron chi connectivity index (χ0n) is 14.1. The van der Waals surface area contributed by atoms with E-state index in [4.69, 9.17) is 11.6 Å². The number of imide groups is 1. The summed E-state index contributed by atoms with van der Waals surface area (Å²) >= 11 is 6.04. The number of nitrogens with zero attached hydrogens (tertiary/aromatic N) is 3. The molecule has 2 unspecified atom stereocenters. The molecule has 0 bridgehead atoms. The van der Waals surface area contributed by atoms with E-state index in [1.165, 1.54) is 4.90 Å². The Bertz CT molecular complexity index is 821. The van der Waals surface area contributed by atoms with E-state index in [0.717, 1.165) is 36.9 Å². The Morgan fingerprint density at radius 1 is 1.12 bits per heavy atom. The number of aryl methyl sites for hydroxylation is 1. The quantitative estimate of drug-likeness (QED) is 0.789. The molecular weight excluding hydrogens is 338 g/mol. The second-order valence-electron chi connectivity index (χ2n) is 6.94. The van der Waals surface area contributed by atoms with Crippen LogP contribution >= 0.6 is 11.6 Å². The molecule has 0 N–H and O–H groups in total. The molecule has 130 valence electrons. The number of hydrogen-bond acceptors (Lipinski definition) is 3. The third kappa shape index (κ3) is 2.86. The third-order valence-electron chi connectivity index (χ3n) is 5.26. The Labute approximate surface area is 151 Å². The van der Waals surface area contributed by atoms with Gasteiger partial charge in [-0.3, -0.25) is 14.3 Å². The average Bonchev–Trinajstić information content (AvgIpc) is 3.06. The normalized spacial score (nSPS) is 23.2. The van der Waals surface area contributed by atoms with Crippen LogP contribution in [0.2, 0.25) is 5.02 Å². The van der Waals surface area contributed by atoms with Gasteiger partial charge in [0, 0.05) is 16.8 Å². The van der Waals surface area contributed by atoms with Gasteiger partial charge >= 0.3 is 0 Å². The number of carbonyl (C=O) groups is 2. The lowest BCUT2D eigenvalue weighted by atomic mass is 9.81. The summed E-state index contributed by atoms with van der Waals surface area (Å²) in [7, 11) is 0. The fourth-order valence-corrected chi connectivity index (χ4v) is 4.17. The van der Waals surface area contributed by atoms with E-state index >= 15 is 0 Å². The van der Waals surface area contributed by atoms with Crippen molar-refractivity contribution in [1.82, 2.24) is 9.78 Å². The van der Waals surface area contributed by atoms with Crippen LogP contribution in [-0.4, -0.2) is 21.6 Å². The minimum Gasteiger partial charge on any atom is -0.274 e. The first-order valence-electron chi connectivity index (χ1n) is 8.71. The molecule has 1 aliphatic heterocycles. The number of fused-ring (bicyclic) bond motifs is 1. The van der Waals surface area contributed by atoms with Gasteiger partial charge in [-0.15, -0.1) is 0 Å². The maximum atomic E-state index is 12.7. The molecule has 6 heteroatoms. The van der Waals surface area contributed by atoms with Gasteiger partial charge in [-0.25, -0.2) is 4.90 Å². The highest BCUT2D eigenvalue weighted by Gasteiger charge is 2.49. The number of aromatic nitrogens is 2. The standard InChI is InChI=1S/C19H20ClN3O2/c1-12-9-17(21-22(12)11-13-5-4-6-14(20)10-13)23-18(24)15-7-2-3-8-16(15)19(23)25/h4-6,9-10,15-16H,2-3,7-8,11H2,1H3. The van der Waals surface area contributed by atoms with Crippen molar-refractivity contribution in [2.24, 2.45) is 11.8 Å². The molecule has 4 rings (SSSR count). The first kappa shape index (κ1) is 16.3. The molecule has 0 spiro atoms. The van der Waals surface area contributed by atoms with E-state index in [-0.39, 0.29) is 23.7 Å². The van der Waals surface area contributed by atoms with Crippen LogP contribution < -0.4 is 4.90 Å². The molecule has 1 aliphatic carbocycles. The molecule has 0 radical (unpaired) electrons. The largest absolute Gasteiger partial charge is 0.274 e. The third-order valence-corrected chi connectivity index (χ3v) is 5.49. The number of rotatable bonds is 3. The molecule has 5 nitrogen and oxygen atoms in total. The van der Waals surface area contributed by atoms with E-state index in [1.54, 1.807) is 0 Å². The molecule has 2 aromatic rings. The first-order valence-corrected chi connectivity index (χ1v) is 9.09. The number of halogens is 1. The maximum Gasteiger partial charge on any atom is 0.238 e. The van der Waals surface area contributed by atoms with E-state index in [1.807, 2.05) is 41.9 Å². The van der Waals surface area contributed by atoms with Crippen LogP contribution in [0.4, 0.5) is 5.82 Å². The molecule has 1 aromatic carbocycles. The number of carbonyl (C=O) groups excluding carboxylic acids is 2. The predicted molar refractivity (Wildman–Crippen MR) is 95.5 cm³/mol. The summed E-state index contributed by atoms with van der Waals surface area (Å²) in [6.07, 6.45) is 3.68. The van der Waals surface area contributed by atoms with Gasteiger partial charge in [-0.05, 0) is 37.5 Å². The Balaban J connectivity index is 1.61. The van der Waals surface area contributed by atoms with Crippen molar-refractivity contribution < 1.29 is 9.59 Å². The van der Waals surface area contributed by atoms with Crippen LogP contribution in [-0.2, 0) is 16.1 Å². The van der Waals surface area contributed by atoms with E-state index in [0.29, 0.717) is 17.4 Å². The van der Waals surface area contributed by atoms with Gasteiger partial charge in [0.25, 0.3) is 0 Å². The van der Waals surface area contributed by atoms with Gasteiger partial charge in [0.15, 0.2) is 5.82 Å².